The Kier molecular flexibility index (Phi) is 7.33. The van der Waals surface area contributed by atoms with E-state index >= 15 is 0 Å². The average Bonchev–Trinajstić information content (AvgIpc) is 3.38. The minimum absolute atomic E-state index is 0.00621. The molecule has 3 N–H and O–H groups in total. The number of amides is 2. The number of carbonyl (C=O) groups is 2. The molecule has 0 radical (unpaired) electrons. The molecule has 3 heterocycles. The number of halogens is 4. The standard InChI is InChI=1S/C21H14F4N6O2.CH3NO/c1-10-5-16(15-4-3-12(22)6-17(15)27-10)20(32)28-18-11(2)31(29-19(18)21(23,24)25)9-14-7-13(8-26)30-33-14;2-1-3/h3-7H,9H2,1-2H3,(H,28,32);1H,(H2,2,3). The number of benzene rings is 1. The molecule has 4 rings (SSSR count). The summed E-state index contributed by atoms with van der Waals surface area (Å²) in [5.74, 6) is -1.28. The Morgan fingerprint density at radius 3 is 2.58 bits per heavy atom. The number of aromatic nitrogens is 4. The predicted molar refractivity (Wildman–Crippen MR) is 117 cm³/mol. The van der Waals surface area contributed by atoms with Gasteiger partial charge in [-0.3, -0.25) is 19.3 Å². The van der Waals surface area contributed by atoms with Crippen LogP contribution in [-0.4, -0.2) is 32.2 Å². The van der Waals surface area contributed by atoms with Crippen molar-refractivity contribution >= 4 is 28.9 Å². The first-order valence-electron chi connectivity index (χ1n) is 10.0. The molecule has 0 bridgehead atoms. The summed E-state index contributed by atoms with van der Waals surface area (Å²) in [6.07, 6.45) is -4.61. The molecule has 0 aliphatic heterocycles. The highest BCUT2D eigenvalue weighted by atomic mass is 19.4. The van der Waals surface area contributed by atoms with Gasteiger partial charge in [-0.15, -0.1) is 0 Å². The van der Waals surface area contributed by atoms with Crippen LogP contribution in [0.15, 0.2) is 34.9 Å². The summed E-state index contributed by atoms with van der Waals surface area (Å²) in [5, 5.41) is 18.5. The summed E-state index contributed by atoms with van der Waals surface area (Å²) in [4.78, 5) is 25.8. The smallest absolute Gasteiger partial charge is 0.372 e. The van der Waals surface area contributed by atoms with Crippen molar-refractivity contribution in [2.75, 3.05) is 5.32 Å². The van der Waals surface area contributed by atoms with Crippen LogP contribution in [-0.2, 0) is 17.5 Å². The first-order valence-corrected chi connectivity index (χ1v) is 10.0. The minimum Gasteiger partial charge on any atom is -0.372 e. The van der Waals surface area contributed by atoms with E-state index in [2.05, 4.69) is 26.3 Å². The highest BCUT2D eigenvalue weighted by molar-refractivity contribution is 6.12. The molecule has 186 valence electrons. The average molecular weight is 503 g/mol. The molecule has 0 saturated carbocycles. The molecule has 36 heavy (non-hydrogen) atoms. The van der Waals surface area contributed by atoms with Crippen LogP contribution in [0.4, 0.5) is 23.2 Å². The number of nitrogens with one attached hydrogen (secondary N) is 1. The maximum Gasteiger partial charge on any atom is 0.437 e. The largest absolute Gasteiger partial charge is 0.437 e. The van der Waals surface area contributed by atoms with Crippen LogP contribution in [0.25, 0.3) is 10.9 Å². The Balaban J connectivity index is 0.00000115. The second-order valence-corrected chi connectivity index (χ2v) is 7.32. The molecule has 0 aliphatic carbocycles. The van der Waals surface area contributed by atoms with Gasteiger partial charge in [0.2, 0.25) is 6.41 Å². The number of aryl methyl sites for hydroxylation is 1. The second-order valence-electron chi connectivity index (χ2n) is 7.32. The van der Waals surface area contributed by atoms with E-state index in [0.29, 0.717) is 5.69 Å². The second kappa shape index (κ2) is 10.2. The van der Waals surface area contributed by atoms with Crippen molar-refractivity contribution in [3.05, 3.63) is 70.2 Å². The van der Waals surface area contributed by atoms with Gasteiger partial charge in [-0.2, -0.15) is 23.5 Å². The molecule has 0 atom stereocenters. The highest BCUT2D eigenvalue weighted by Crippen LogP contribution is 2.36. The van der Waals surface area contributed by atoms with Crippen LogP contribution < -0.4 is 11.1 Å². The van der Waals surface area contributed by atoms with Crippen molar-refractivity contribution in [2.24, 2.45) is 5.73 Å². The number of anilines is 1. The summed E-state index contributed by atoms with van der Waals surface area (Å²) in [7, 11) is 0. The molecule has 0 fully saturated rings. The maximum atomic E-state index is 13.7. The summed E-state index contributed by atoms with van der Waals surface area (Å²) in [6.45, 7) is 2.69. The first-order chi connectivity index (χ1) is 17.0. The van der Waals surface area contributed by atoms with Crippen molar-refractivity contribution in [3.63, 3.8) is 0 Å². The van der Waals surface area contributed by atoms with Gasteiger partial charge in [0.05, 0.1) is 22.5 Å². The van der Waals surface area contributed by atoms with Crippen LogP contribution in [0, 0.1) is 31.0 Å². The van der Waals surface area contributed by atoms with E-state index in [1.165, 1.54) is 25.1 Å². The summed E-state index contributed by atoms with van der Waals surface area (Å²) >= 11 is 0. The summed E-state index contributed by atoms with van der Waals surface area (Å²) in [5.41, 5.74) is 2.93. The van der Waals surface area contributed by atoms with Crippen molar-refractivity contribution in [2.45, 2.75) is 26.6 Å². The Labute approximate surface area is 200 Å². The van der Waals surface area contributed by atoms with E-state index in [-0.39, 0.29) is 46.6 Å². The third-order valence-electron chi connectivity index (χ3n) is 4.84. The van der Waals surface area contributed by atoms with E-state index in [4.69, 9.17) is 14.6 Å². The van der Waals surface area contributed by atoms with E-state index in [1.807, 2.05) is 0 Å². The lowest BCUT2D eigenvalue weighted by molar-refractivity contribution is -0.140. The molecular formula is C22H17F4N7O3. The quantitative estimate of drug-likeness (QED) is 0.319. The lowest BCUT2D eigenvalue weighted by Gasteiger charge is -2.11. The Bertz CT molecular complexity index is 1480. The van der Waals surface area contributed by atoms with Crippen LogP contribution in [0.3, 0.4) is 0 Å². The molecular weight excluding hydrogens is 486 g/mol. The molecule has 0 spiro atoms. The van der Waals surface area contributed by atoms with Gasteiger partial charge in [0.25, 0.3) is 5.91 Å². The van der Waals surface area contributed by atoms with Crippen molar-refractivity contribution in [3.8, 4) is 6.07 Å². The molecule has 3 aromatic heterocycles. The van der Waals surface area contributed by atoms with Gasteiger partial charge in [-0.1, -0.05) is 5.16 Å². The summed E-state index contributed by atoms with van der Waals surface area (Å²) < 4.78 is 60.6. The zero-order chi connectivity index (χ0) is 26.6. The number of pyridine rings is 1. The van der Waals surface area contributed by atoms with Gasteiger partial charge in [0, 0.05) is 23.2 Å². The zero-order valence-corrected chi connectivity index (χ0v) is 18.7. The number of nitrogens with two attached hydrogens (primary N) is 1. The van der Waals surface area contributed by atoms with E-state index in [0.717, 1.165) is 16.8 Å². The zero-order valence-electron chi connectivity index (χ0n) is 18.7. The van der Waals surface area contributed by atoms with Gasteiger partial charge in [-0.05, 0) is 32.0 Å². The number of nitrogens with zero attached hydrogens (tertiary/aromatic N) is 5. The normalized spacial score (nSPS) is 10.9. The van der Waals surface area contributed by atoms with Gasteiger partial charge < -0.3 is 15.6 Å². The van der Waals surface area contributed by atoms with Gasteiger partial charge in [-0.25, -0.2) is 4.39 Å². The van der Waals surface area contributed by atoms with E-state index in [1.54, 1.807) is 13.0 Å². The van der Waals surface area contributed by atoms with Gasteiger partial charge >= 0.3 is 6.18 Å². The third-order valence-corrected chi connectivity index (χ3v) is 4.84. The van der Waals surface area contributed by atoms with Gasteiger partial charge in [0.1, 0.15) is 18.4 Å². The fraction of sp³-hybridized carbons (Fsp3) is 0.182. The highest BCUT2D eigenvalue weighted by Gasteiger charge is 2.39. The van der Waals surface area contributed by atoms with Gasteiger partial charge in [0.15, 0.2) is 17.1 Å². The van der Waals surface area contributed by atoms with Crippen molar-refractivity contribution in [1.82, 2.24) is 19.9 Å². The lowest BCUT2D eigenvalue weighted by Crippen LogP contribution is -2.17. The molecule has 4 aromatic rings. The topological polar surface area (TPSA) is 153 Å². The fourth-order valence-corrected chi connectivity index (χ4v) is 3.34. The third kappa shape index (κ3) is 5.46. The Morgan fingerprint density at radius 2 is 1.97 bits per heavy atom. The van der Waals surface area contributed by atoms with E-state index in [9.17, 15) is 22.4 Å². The lowest BCUT2D eigenvalue weighted by atomic mass is 10.1. The molecule has 0 aliphatic rings. The SMILES string of the molecule is Cc1cc(C(=O)Nc2c(C(F)(F)F)nn(Cc3cc(C#N)no3)c2C)c2ccc(F)cc2n1.NC=O. The molecule has 1 aromatic carbocycles. The molecule has 0 saturated heterocycles. The number of hydrogen-bond donors (Lipinski definition) is 2. The first kappa shape index (κ1) is 25.8. The number of primary amides is 1. The molecule has 0 unspecified atom stereocenters. The maximum absolute atomic E-state index is 13.7. The van der Waals surface area contributed by atoms with Crippen LogP contribution >= 0.6 is 0 Å². The molecule has 2 amide bonds. The monoisotopic (exact) mass is 503 g/mol. The number of alkyl halides is 3. The van der Waals surface area contributed by atoms with Crippen molar-refractivity contribution < 1.29 is 31.7 Å². The van der Waals surface area contributed by atoms with E-state index < -0.39 is 29.3 Å². The number of rotatable bonds is 4. The molecule has 14 heteroatoms. The van der Waals surface area contributed by atoms with Crippen LogP contribution in [0.5, 0.6) is 0 Å². The molecule has 10 nitrogen and oxygen atoms in total. The Morgan fingerprint density at radius 1 is 1.28 bits per heavy atom. The Hall–Kier alpha value is -4.80. The predicted octanol–water partition coefficient (Wildman–Crippen LogP) is 3.47. The number of nitriles is 1. The van der Waals surface area contributed by atoms with Crippen molar-refractivity contribution in [1.29, 1.82) is 5.26 Å². The number of carbonyl (C=O) groups excluding carboxylic acids is 2. The minimum atomic E-state index is -4.86. The number of fused-ring (bicyclic) bond motifs is 1. The van der Waals surface area contributed by atoms with Crippen LogP contribution in [0.2, 0.25) is 0 Å². The van der Waals surface area contributed by atoms with Crippen LogP contribution in [0.1, 0.15) is 38.9 Å². The summed E-state index contributed by atoms with van der Waals surface area (Å²) in [6, 6.07) is 8.04. The fourth-order valence-electron chi connectivity index (χ4n) is 3.34. The number of hydrogen-bond acceptors (Lipinski definition) is 7.